The molecule has 0 spiro atoms. The zero-order valence-electron chi connectivity index (χ0n) is 13.2. The first-order valence-corrected chi connectivity index (χ1v) is 8.14. The van der Waals surface area contributed by atoms with Gasteiger partial charge in [-0.3, -0.25) is 0 Å². The fraction of sp³-hybridized carbons (Fsp3) is 0.312. The van der Waals surface area contributed by atoms with Crippen molar-refractivity contribution in [3.63, 3.8) is 0 Å². The van der Waals surface area contributed by atoms with Crippen molar-refractivity contribution in [3.8, 4) is 11.4 Å². The largest absolute Gasteiger partial charge is 0.435 e. The maximum atomic E-state index is 13.4. The van der Waals surface area contributed by atoms with E-state index >= 15 is 0 Å². The fourth-order valence-electron chi connectivity index (χ4n) is 2.65. The van der Waals surface area contributed by atoms with Crippen molar-refractivity contribution in [1.29, 1.82) is 0 Å². The third kappa shape index (κ3) is 3.33. The first-order valence-electron chi connectivity index (χ1n) is 7.76. The zero-order chi connectivity index (χ0) is 19.6. The number of H-pyrrole nitrogens is 1. The van der Waals surface area contributed by atoms with Crippen LogP contribution in [-0.2, 0) is 12.4 Å². The number of nitrogens with zero attached hydrogens (tertiary/aromatic N) is 3. The van der Waals surface area contributed by atoms with Gasteiger partial charge in [-0.15, -0.1) is 0 Å². The minimum Gasteiger partial charge on any atom is -0.335 e. The van der Waals surface area contributed by atoms with Crippen molar-refractivity contribution in [1.82, 2.24) is 19.9 Å². The highest BCUT2D eigenvalue weighted by molar-refractivity contribution is 6.33. The standard InChI is InChI=1S/C16H9ClF6N4/c17-9-4-3-7(15(18,19)20)5-8(9)13-24-10-11(16(21,22)23)25-12(6-1-2-6)26-14(10)27-13/h3-6H,1-2H2,(H,24,25,26,27). The van der Waals surface area contributed by atoms with E-state index in [-0.39, 0.29) is 33.8 Å². The van der Waals surface area contributed by atoms with Gasteiger partial charge in [0.05, 0.1) is 10.6 Å². The molecular weight excluding hydrogens is 398 g/mol. The molecule has 27 heavy (non-hydrogen) atoms. The van der Waals surface area contributed by atoms with Crippen LogP contribution in [0.3, 0.4) is 0 Å². The maximum Gasteiger partial charge on any atom is 0.435 e. The summed E-state index contributed by atoms with van der Waals surface area (Å²) in [5.74, 6) is -0.371. The normalized spacial score (nSPS) is 15.5. The van der Waals surface area contributed by atoms with E-state index in [2.05, 4.69) is 19.9 Å². The zero-order valence-corrected chi connectivity index (χ0v) is 14.0. The lowest BCUT2D eigenvalue weighted by Gasteiger charge is -2.09. The molecular formula is C16H9ClF6N4. The van der Waals surface area contributed by atoms with E-state index in [1.807, 2.05) is 0 Å². The number of hydrogen-bond donors (Lipinski definition) is 1. The van der Waals surface area contributed by atoms with Gasteiger partial charge in [-0.25, -0.2) is 15.0 Å². The van der Waals surface area contributed by atoms with Gasteiger partial charge in [-0.05, 0) is 31.0 Å². The number of aromatic nitrogens is 4. The van der Waals surface area contributed by atoms with Gasteiger partial charge in [0.2, 0.25) is 0 Å². The molecule has 0 aliphatic heterocycles. The third-order valence-electron chi connectivity index (χ3n) is 4.13. The van der Waals surface area contributed by atoms with Crippen molar-refractivity contribution in [2.24, 2.45) is 0 Å². The Balaban J connectivity index is 1.92. The summed E-state index contributed by atoms with van der Waals surface area (Å²) >= 11 is 5.94. The molecule has 2 heterocycles. The summed E-state index contributed by atoms with van der Waals surface area (Å²) in [6, 6.07) is 2.52. The second-order valence-corrected chi connectivity index (χ2v) is 6.59. The Hall–Kier alpha value is -2.36. The number of benzene rings is 1. The van der Waals surface area contributed by atoms with Crippen LogP contribution in [0, 0.1) is 0 Å². The Morgan fingerprint density at radius 2 is 1.67 bits per heavy atom. The van der Waals surface area contributed by atoms with Crippen molar-refractivity contribution in [2.45, 2.75) is 31.1 Å². The van der Waals surface area contributed by atoms with Crippen LogP contribution in [0.4, 0.5) is 26.3 Å². The Kier molecular flexibility index (Phi) is 3.88. The molecule has 0 unspecified atom stereocenters. The minimum absolute atomic E-state index is 0.0306. The lowest BCUT2D eigenvalue weighted by Crippen LogP contribution is -2.11. The summed E-state index contributed by atoms with van der Waals surface area (Å²) in [4.78, 5) is 14.0. The monoisotopic (exact) mass is 406 g/mol. The Morgan fingerprint density at radius 3 is 2.26 bits per heavy atom. The predicted octanol–water partition coefficient (Wildman–Crippen LogP) is 5.59. The molecule has 0 radical (unpaired) electrons. The minimum atomic E-state index is -4.77. The van der Waals surface area contributed by atoms with E-state index in [1.54, 1.807) is 0 Å². The van der Waals surface area contributed by atoms with Gasteiger partial charge in [0.1, 0.15) is 17.2 Å². The molecule has 1 aromatic carbocycles. The third-order valence-corrected chi connectivity index (χ3v) is 4.46. The average molecular weight is 407 g/mol. The SMILES string of the molecule is FC(F)(F)c1ccc(Cl)c(-c2nc3nc(C4CC4)nc(C(F)(F)F)c3[nH]2)c1. The summed E-state index contributed by atoms with van der Waals surface area (Å²) in [7, 11) is 0. The molecule has 4 nitrogen and oxygen atoms in total. The molecule has 1 N–H and O–H groups in total. The van der Waals surface area contributed by atoms with Crippen LogP contribution in [0.25, 0.3) is 22.6 Å². The molecule has 1 saturated carbocycles. The van der Waals surface area contributed by atoms with Crippen LogP contribution in [0.2, 0.25) is 5.02 Å². The van der Waals surface area contributed by atoms with Gasteiger partial charge in [-0.1, -0.05) is 11.6 Å². The van der Waals surface area contributed by atoms with E-state index < -0.39 is 29.1 Å². The average Bonchev–Trinajstić information content (AvgIpc) is 3.31. The van der Waals surface area contributed by atoms with Crippen molar-refractivity contribution in [3.05, 3.63) is 40.3 Å². The molecule has 1 fully saturated rings. The highest BCUT2D eigenvalue weighted by Crippen LogP contribution is 2.41. The molecule has 0 amide bonds. The Morgan fingerprint density at radius 1 is 0.963 bits per heavy atom. The second-order valence-electron chi connectivity index (χ2n) is 6.18. The molecule has 1 aliphatic rings. The summed E-state index contributed by atoms with van der Waals surface area (Å²) in [6.07, 6.45) is -8.05. The van der Waals surface area contributed by atoms with Gasteiger partial charge < -0.3 is 4.98 Å². The summed E-state index contributed by atoms with van der Waals surface area (Å²) in [5, 5.41) is -0.0917. The lowest BCUT2D eigenvalue weighted by atomic mass is 10.1. The number of fused-ring (bicyclic) bond motifs is 1. The topological polar surface area (TPSA) is 54.5 Å². The highest BCUT2D eigenvalue weighted by atomic mass is 35.5. The van der Waals surface area contributed by atoms with Crippen LogP contribution in [0.15, 0.2) is 18.2 Å². The fourth-order valence-corrected chi connectivity index (χ4v) is 2.86. The number of imidazole rings is 1. The second kappa shape index (κ2) is 5.82. The van der Waals surface area contributed by atoms with Crippen molar-refractivity contribution in [2.75, 3.05) is 0 Å². The van der Waals surface area contributed by atoms with E-state index in [4.69, 9.17) is 11.6 Å². The number of alkyl halides is 6. The van der Waals surface area contributed by atoms with E-state index in [9.17, 15) is 26.3 Å². The summed E-state index contributed by atoms with van der Waals surface area (Å²) in [6.45, 7) is 0. The molecule has 3 aromatic rings. The van der Waals surface area contributed by atoms with E-state index in [0.29, 0.717) is 12.8 Å². The molecule has 1 aliphatic carbocycles. The Labute approximate surface area is 152 Å². The van der Waals surface area contributed by atoms with Crippen molar-refractivity contribution >= 4 is 22.8 Å². The van der Waals surface area contributed by atoms with Crippen LogP contribution < -0.4 is 0 Å². The number of halogens is 7. The summed E-state index contributed by atoms with van der Waals surface area (Å²) in [5.41, 5.74) is -3.12. The Bertz CT molecular complexity index is 1040. The van der Waals surface area contributed by atoms with Gasteiger partial charge in [0, 0.05) is 11.5 Å². The smallest absolute Gasteiger partial charge is 0.335 e. The number of aromatic amines is 1. The van der Waals surface area contributed by atoms with Crippen molar-refractivity contribution < 1.29 is 26.3 Å². The molecule has 4 rings (SSSR count). The van der Waals surface area contributed by atoms with Gasteiger partial charge in [0.25, 0.3) is 0 Å². The lowest BCUT2D eigenvalue weighted by molar-refractivity contribution is -0.140. The molecule has 0 saturated heterocycles. The summed E-state index contributed by atoms with van der Waals surface area (Å²) < 4.78 is 79.0. The predicted molar refractivity (Wildman–Crippen MR) is 84.1 cm³/mol. The van der Waals surface area contributed by atoms with Gasteiger partial charge >= 0.3 is 12.4 Å². The van der Waals surface area contributed by atoms with E-state index in [1.165, 1.54) is 0 Å². The molecule has 11 heteroatoms. The maximum absolute atomic E-state index is 13.4. The highest BCUT2D eigenvalue weighted by Gasteiger charge is 2.39. The number of rotatable bonds is 2. The number of nitrogens with one attached hydrogen (secondary N) is 1. The van der Waals surface area contributed by atoms with Gasteiger partial charge in [-0.2, -0.15) is 26.3 Å². The van der Waals surface area contributed by atoms with Gasteiger partial charge in [0.15, 0.2) is 11.3 Å². The molecule has 0 atom stereocenters. The first-order chi connectivity index (χ1) is 12.5. The first kappa shape index (κ1) is 18.0. The molecule has 0 bridgehead atoms. The quantitative estimate of drug-likeness (QED) is 0.564. The molecule has 2 aromatic heterocycles. The van der Waals surface area contributed by atoms with Crippen LogP contribution in [0.1, 0.15) is 35.8 Å². The van der Waals surface area contributed by atoms with Crippen LogP contribution >= 0.6 is 11.6 Å². The van der Waals surface area contributed by atoms with Crippen LogP contribution in [0.5, 0.6) is 0 Å². The van der Waals surface area contributed by atoms with Crippen LogP contribution in [-0.4, -0.2) is 19.9 Å². The number of hydrogen-bond acceptors (Lipinski definition) is 3. The molecule has 142 valence electrons. The van der Waals surface area contributed by atoms with E-state index in [0.717, 1.165) is 18.2 Å².